The normalized spacial score (nSPS) is 25.8. The summed E-state index contributed by atoms with van der Waals surface area (Å²) in [6.45, 7) is 40.9. The van der Waals surface area contributed by atoms with Crippen molar-refractivity contribution in [1.82, 2.24) is 19.6 Å². The molecule has 0 saturated carbocycles. The van der Waals surface area contributed by atoms with E-state index in [2.05, 4.69) is 94.2 Å². The first-order valence-electron chi connectivity index (χ1n) is 18.6. The summed E-state index contributed by atoms with van der Waals surface area (Å²) < 4.78 is 0. The van der Waals surface area contributed by atoms with Gasteiger partial charge in [0.25, 0.3) is 0 Å². The van der Waals surface area contributed by atoms with Crippen molar-refractivity contribution < 1.29 is 32.7 Å². The van der Waals surface area contributed by atoms with Crippen LogP contribution in [0.4, 0.5) is 0 Å². The zero-order valence-electron chi connectivity index (χ0n) is 33.5. The molecule has 0 aromatic heterocycles. The maximum atomic E-state index is 4.59. The summed E-state index contributed by atoms with van der Waals surface area (Å²) in [5.74, 6) is 4.36. The van der Waals surface area contributed by atoms with Crippen molar-refractivity contribution in [3.63, 3.8) is 0 Å². The van der Waals surface area contributed by atoms with E-state index in [0.29, 0.717) is 0 Å². The van der Waals surface area contributed by atoms with Gasteiger partial charge in [-0.1, -0.05) is 80.1 Å². The molecule has 0 spiro atoms. The van der Waals surface area contributed by atoms with Crippen molar-refractivity contribution in [3.8, 4) is 0 Å². The maximum Gasteiger partial charge on any atom is 3.00 e. The third kappa shape index (κ3) is 19.6. The molecule has 0 N–H and O–H groups in total. The minimum absolute atomic E-state index is 0. The SMILES string of the molecule is CC.CC(C)N1CCC(N2CCN(C(C)C)CC2)CC1.CCC(C)C.CCC1CCN(CC2C(C)C[N-]CC2C)CC1.[CH3-].[CH3-].[Y+3]. The van der Waals surface area contributed by atoms with Crippen molar-refractivity contribution in [2.45, 2.75) is 140 Å². The van der Waals surface area contributed by atoms with Crippen LogP contribution in [0.5, 0.6) is 0 Å². The Bertz CT molecular complexity index is 585. The number of hydrogen-bond acceptors (Lipinski definition) is 4. The van der Waals surface area contributed by atoms with Crippen LogP contribution in [0.1, 0.15) is 122 Å². The minimum atomic E-state index is 0. The fraction of sp³-hybridized carbons (Fsp3) is 0.949. The van der Waals surface area contributed by atoms with E-state index >= 15 is 0 Å². The first kappa shape index (κ1) is 50.3. The van der Waals surface area contributed by atoms with E-state index in [1.54, 1.807) is 0 Å². The second kappa shape index (κ2) is 28.7. The molecule has 45 heavy (non-hydrogen) atoms. The second-order valence-electron chi connectivity index (χ2n) is 14.7. The molecule has 268 valence electrons. The first-order valence-corrected chi connectivity index (χ1v) is 18.6. The molecule has 4 fully saturated rings. The van der Waals surface area contributed by atoms with Gasteiger partial charge in [-0.15, -0.1) is 13.1 Å². The Morgan fingerprint density at radius 3 is 1.44 bits per heavy atom. The van der Waals surface area contributed by atoms with Gasteiger partial charge in [0.1, 0.15) is 0 Å². The number of likely N-dealkylation sites (tertiary alicyclic amines) is 2. The largest absolute Gasteiger partial charge is 3.00 e. The van der Waals surface area contributed by atoms with E-state index in [1.807, 2.05) is 13.8 Å². The van der Waals surface area contributed by atoms with Crippen LogP contribution in [0.25, 0.3) is 5.32 Å². The summed E-state index contributed by atoms with van der Waals surface area (Å²) in [5, 5.41) is 4.59. The van der Waals surface area contributed by atoms with E-state index in [0.717, 1.165) is 60.8 Å². The Morgan fingerprint density at radius 2 is 1.07 bits per heavy atom. The number of nitrogens with zero attached hydrogens (tertiary/aromatic N) is 5. The van der Waals surface area contributed by atoms with Crippen LogP contribution in [0.3, 0.4) is 0 Å². The zero-order valence-corrected chi connectivity index (χ0v) is 36.3. The van der Waals surface area contributed by atoms with Crippen LogP contribution in [-0.2, 0) is 32.7 Å². The Morgan fingerprint density at radius 1 is 0.644 bits per heavy atom. The molecular weight excluding hydrogens is 627 g/mol. The maximum absolute atomic E-state index is 4.59. The van der Waals surface area contributed by atoms with Crippen LogP contribution in [-0.4, -0.2) is 110 Å². The fourth-order valence-corrected chi connectivity index (χ4v) is 6.94. The van der Waals surface area contributed by atoms with Gasteiger partial charge in [-0.05, 0) is 97.3 Å². The van der Waals surface area contributed by atoms with Crippen LogP contribution in [0.15, 0.2) is 0 Å². The van der Waals surface area contributed by atoms with Crippen LogP contribution in [0, 0.1) is 44.4 Å². The summed E-state index contributed by atoms with van der Waals surface area (Å²) in [5.41, 5.74) is 0. The third-order valence-corrected chi connectivity index (χ3v) is 10.7. The van der Waals surface area contributed by atoms with Crippen LogP contribution in [0.2, 0.25) is 0 Å². The van der Waals surface area contributed by atoms with Gasteiger partial charge in [0.05, 0.1) is 0 Å². The average Bonchev–Trinajstić information content (AvgIpc) is 3.01. The third-order valence-electron chi connectivity index (χ3n) is 10.7. The van der Waals surface area contributed by atoms with Crippen molar-refractivity contribution in [2.75, 3.05) is 72.0 Å². The van der Waals surface area contributed by atoms with Gasteiger partial charge in [-0.3, -0.25) is 9.80 Å². The van der Waals surface area contributed by atoms with Crippen LogP contribution >= 0.6 is 0 Å². The molecule has 4 saturated heterocycles. The Kier molecular flexibility index (Phi) is 32.1. The topological polar surface area (TPSA) is 27.1 Å². The van der Waals surface area contributed by atoms with E-state index < -0.39 is 0 Å². The Labute approximate surface area is 312 Å². The molecule has 0 bridgehead atoms. The fourth-order valence-electron chi connectivity index (χ4n) is 6.94. The van der Waals surface area contributed by atoms with Gasteiger partial charge in [0.15, 0.2) is 0 Å². The van der Waals surface area contributed by atoms with Gasteiger partial charge in [0.2, 0.25) is 0 Å². The summed E-state index contributed by atoms with van der Waals surface area (Å²) in [7, 11) is 0. The van der Waals surface area contributed by atoms with E-state index in [4.69, 9.17) is 0 Å². The first-order chi connectivity index (χ1) is 20.0. The van der Waals surface area contributed by atoms with Crippen molar-refractivity contribution >= 4 is 0 Å². The summed E-state index contributed by atoms with van der Waals surface area (Å²) in [6, 6.07) is 2.30. The van der Waals surface area contributed by atoms with Crippen LogP contribution < -0.4 is 0 Å². The van der Waals surface area contributed by atoms with Gasteiger partial charge in [-0.2, -0.15) is 0 Å². The monoisotopic (exact) mass is 712 g/mol. The molecule has 0 amide bonds. The molecule has 5 nitrogen and oxygen atoms in total. The molecule has 2 atom stereocenters. The predicted molar refractivity (Wildman–Crippen MR) is 202 cm³/mol. The molecule has 0 aromatic carbocycles. The zero-order chi connectivity index (χ0) is 31.7. The van der Waals surface area contributed by atoms with Gasteiger partial charge in [-0.25, -0.2) is 0 Å². The van der Waals surface area contributed by atoms with Gasteiger partial charge < -0.3 is 30.0 Å². The Balaban J connectivity index is -0.000000617. The molecule has 2 unspecified atom stereocenters. The average molecular weight is 712 g/mol. The van der Waals surface area contributed by atoms with E-state index in [1.165, 1.54) is 97.4 Å². The molecule has 4 aliphatic heterocycles. The van der Waals surface area contributed by atoms with Crippen molar-refractivity contribution in [3.05, 3.63) is 20.2 Å². The smallest absolute Gasteiger partial charge is 0.662 e. The Hall–Kier alpha value is 0.904. The molecule has 0 radical (unpaired) electrons. The van der Waals surface area contributed by atoms with Crippen molar-refractivity contribution in [1.29, 1.82) is 0 Å². The molecule has 4 rings (SSSR count). The minimum Gasteiger partial charge on any atom is -0.662 e. The standard InChI is InChI=1S/C15H31N3.C15H29N2.C5H12.C2H6.2CH3.Y/c1-13(2)16-7-5-15(6-8-16)18-11-9-17(10-12-18)14(3)4;1-4-14-5-7-17(8-6-14)11-15-12(2)9-16-10-13(15)3;1-4-5(2)3;1-2;;;/h13-15H,5-12H2,1-4H3;12-15H,4-11H2,1-3H3;5H,4H2,1-3H3;1-2H3;2*1H3;/q;-1;;;2*-1;+3. The number of piperidine rings is 3. The molecule has 4 heterocycles. The van der Waals surface area contributed by atoms with E-state index in [9.17, 15) is 0 Å². The number of piperazine rings is 1. The van der Waals surface area contributed by atoms with Gasteiger partial charge >= 0.3 is 32.7 Å². The number of rotatable bonds is 7. The summed E-state index contributed by atoms with van der Waals surface area (Å²) >= 11 is 0. The predicted octanol–water partition coefficient (Wildman–Crippen LogP) is 9.25. The van der Waals surface area contributed by atoms with Gasteiger partial charge in [0, 0.05) is 50.8 Å². The molecule has 4 aliphatic rings. The molecule has 6 heteroatoms. The quantitative estimate of drug-likeness (QED) is 0.246. The number of hydrogen-bond donors (Lipinski definition) is 0. The summed E-state index contributed by atoms with van der Waals surface area (Å²) in [6.07, 6.45) is 8.29. The molecule has 0 aromatic rings. The van der Waals surface area contributed by atoms with E-state index in [-0.39, 0.29) is 47.6 Å². The second-order valence-corrected chi connectivity index (χ2v) is 14.7. The van der Waals surface area contributed by atoms with Crippen molar-refractivity contribution in [2.24, 2.45) is 29.6 Å². The molecular formula is C39H84N5Y. The summed E-state index contributed by atoms with van der Waals surface area (Å²) in [4.78, 5) is 10.7. The molecule has 0 aliphatic carbocycles.